The number of fused-ring (bicyclic) bond motifs is 1. The molecule has 1 atom stereocenters. The van der Waals surface area contributed by atoms with E-state index in [4.69, 9.17) is 10.2 Å². The predicted molar refractivity (Wildman–Crippen MR) is 82.1 cm³/mol. The summed E-state index contributed by atoms with van der Waals surface area (Å²) in [4.78, 5) is 11.7. The lowest BCUT2D eigenvalue weighted by molar-refractivity contribution is -0.137. The molecule has 0 aliphatic carbocycles. The van der Waals surface area contributed by atoms with Crippen LogP contribution in [0, 0.1) is 0 Å². The molecule has 0 bridgehead atoms. The molecule has 24 heavy (non-hydrogen) atoms. The van der Waals surface area contributed by atoms with Gasteiger partial charge >= 0.3 is 11.8 Å². The Balaban J connectivity index is 2.21. The molecule has 1 heterocycles. The molecule has 0 aliphatic heterocycles. The van der Waals surface area contributed by atoms with E-state index in [1.807, 2.05) is 0 Å². The molecular formula is C17H12F3NO3. The van der Waals surface area contributed by atoms with E-state index >= 15 is 0 Å². The molecule has 1 unspecified atom stereocenters. The van der Waals surface area contributed by atoms with Crippen molar-refractivity contribution in [2.24, 2.45) is 5.73 Å². The largest absolute Gasteiger partial charge is 0.423 e. The van der Waals surface area contributed by atoms with Crippen LogP contribution in [-0.4, -0.2) is 5.11 Å². The van der Waals surface area contributed by atoms with Gasteiger partial charge in [-0.05, 0) is 41.0 Å². The van der Waals surface area contributed by atoms with Crippen LogP contribution in [0.25, 0.3) is 22.1 Å². The van der Waals surface area contributed by atoms with Gasteiger partial charge in [0.05, 0.1) is 5.56 Å². The predicted octanol–water partition coefficient (Wildman–Crippen LogP) is 3.43. The van der Waals surface area contributed by atoms with E-state index in [9.17, 15) is 23.1 Å². The van der Waals surface area contributed by atoms with Gasteiger partial charge in [-0.25, -0.2) is 4.79 Å². The van der Waals surface area contributed by atoms with Gasteiger partial charge in [-0.15, -0.1) is 0 Å². The zero-order valence-corrected chi connectivity index (χ0v) is 12.2. The maximum atomic E-state index is 12.7. The Morgan fingerprint density at radius 2 is 1.71 bits per heavy atom. The van der Waals surface area contributed by atoms with E-state index in [-0.39, 0.29) is 5.58 Å². The number of rotatable bonds is 2. The summed E-state index contributed by atoms with van der Waals surface area (Å²) in [5.41, 5.74) is 5.49. The van der Waals surface area contributed by atoms with Crippen LogP contribution >= 0.6 is 0 Å². The van der Waals surface area contributed by atoms with E-state index in [1.54, 1.807) is 0 Å². The first-order chi connectivity index (χ1) is 11.3. The number of aliphatic hydroxyl groups is 1. The number of hydrogen-bond acceptors (Lipinski definition) is 4. The molecule has 124 valence electrons. The van der Waals surface area contributed by atoms with Gasteiger partial charge in [0.2, 0.25) is 0 Å². The van der Waals surface area contributed by atoms with Gasteiger partial charge in [-0.2, -0.15) is 13.2 Å². The number of aliphatic hydroxyl groups excluding tert-OH is 1. The number of hydrogen-bond donors (Lipinski definition) is 2. The van der Waals surface area contributed by atoms with Crippen LogP contribution in [0.1, 0.15) is 17.4 Å². The summed E-state index contributed by atoms with van der Waals surface area (Å²) in [5.74, 6) is 0. The summed E-state index contributed by atoms with van der Waals surface area (Å²) in [6, 6.07) is 10.2. The second-order valence-corrected chi connectivity index (χ2v) is 5.25. The van der Waals surface area contributed by atoms with Crippen molar-refractivity contribution >= 4 is 11.0 Å². The highest BCUT2D eigenvalue weighted by Crippen LogP contribution is 2.33. The Hall–Kier alpha value is -2.64. The highest BCUT2D eigenvalue weighted by molar-refractivity contribution is 5.93. The second kappa shape index (κ2) is 5.77. The topological polar surface area (TPSA) is 76.5 Å². The third-order valence-corrected chi connectivity index (χ3v) is 3.63. The van der Waals surface area contributed by atoms with Gasteiger partial charge in [0.15, 0.2) is 0 Å². The zero-order chi connectivity index (χ0) is 17.5. The first-order valence-electron chi connectivity index (χ1n) is 6.95. The van der Waals surface area contributed by atoms with Crippen LogP contribution in [0.5, 0.6) is 0 Å². The van der Waals surface area contributed by atoms with Crippen LogP contribution in [-0.2, 0) is 6.18 Å². The molecule has 0 spiro atoms. The Morgan fingerprint density at radius 3 is 2.29 bits per heavy atom. The van der Waals surface area contributed by atoms with Crippen molar-refractivity contribution in [3.05, 3.63) is 70.1 Å². The normalized spacial score (nSPS) is 13.2. The Morgan fingerprint density at radius 1 is 1.04 bits per heavy atom. The summed E-state index contributed by atoms with van der Waals surface area (Å²) in [7, 11) is 0. The lowest BCUT2D eigenvalue weighted by atomic mass is 9.99. The molecule has 1 aromatic heterocycles. The highest BCUT2D eigenvalue weighted by Gasteiger charge is 2.30. The number of alkyl halides is 3. The van der Waals surface area contributed by atoms with Crippen molar-refractivity contribution in [3.63, 3.8) is 0 Å². The van der Waals surface area contributed by atoms with E-state index < -0.39 is 23.6 Å². The summed E-state index contributed by atoms with van der Waals surface area (Å²) < 4.78 is 43.1. The third-order valence-electron chi connectivity index (χ3n) is 3.63. The lowest BCUT2D eigenvalue weighted by Gasteiger charge is -2.11. The van der Waals surface area contributed by atoms with E-state index in [1.165, 1.54) is 36.4 Å². The first kappa shape index (κ1) is 16.2. The summed E-state index contributed by atoms with van der Waals surface area (Å²) in [6.45, 7) is 0. The van der Waals surface area contributed by atoms with Gasteiger partial charge in [-0.1, -0.05) is 18.2 Å². The average Bonchev–Trinajstić information content (AvgIpc) is 2.52. The van der Waals surface area contributed by atoms with E-state index in [0.717, 1.165) is 12.1 Å². The smallest absolute Gasteiger partial charge is 0.416 e. The molecule has 4 nitrogen and oxygen atoms in total. The molecule has 3 rings (SSSR count). The number of benzene rings is 2. The van der Waals surface area contributed by atoms with Gasteiger partial charge in [0, 0.05) is 11.5 Å². The molecule has 7 heteroatoms. The number of halogens is 3. The summed E-state index contributed by atoms with van der Waals surface area (Å²) in [6.07, 6.45) is -5.66. The van der Waals surface area contributed by atoms with Gasteiger partial charge in [0.25, 0.3) is 0 Å². The molecule has 3 aromatic rings. The summed E-state index contributed by atoms with van der Waals surface area (Å²) in [5, 5.41) is 9.95. The maximum Gasteiger partial charge on any atom is 0.416 e. The van der Waals surface area contributed by atoms with Gasteiger partial charge < -0.3 is 15.3 Å². The van der Waals surface area contributed by atoms with Crippen molar-refractivity contribution in [3.8, 4) is 11.1 Å². The molecule has 0 amide bonds. The SMILES string of the molecule is NC(O)c1ccc2oc(=O)cc(-c3ccc(C(F)(F)F)cc3)c2c1. The fraction of sp³-hybridized carbons (Fsp3) is 0.118. The average molecular weight is 335 g/mol. The third kappa shape index (κ3) is 3.04. The van der Waals surface area contributed by atoms with Crippen molar-refractivity contribution in [1.29, 1.82) is 0 Å². The highest BCUT2D eigenvalue weighted by atomic mass is 19.4. The molecular weight excluding hydrogens is 323 g/mol. The minimum atomic E-state index is -4.44. The van der Waals surface area contributed by atoms with Crippen LogP contribution in [0.4, 0.5) is 13.2 Å². The molecule has 0 aliphatic rings. The molecule has 0 saturated heterocycles. The first-order valence-corrected chi connectivity index (χ1v) is 6.95. The lowest BCUT2D eigenvalue weighted by Crippen LogP contribution is -2.08. The Kier molecular flexibility index (Phi) is 3.90. The van der Waals surface area contributed by atoms with E-state index in [2.05, 4.69) is 0 Å². The van der Waals surface area contributed by atoms with Gasteiger partial charge in [-0.3, -0.25) is 0 Å². The minimum absolute atomic E-state index is 0.252. The van der Waals surface area contributed by atoms with E-state index in [0.29, 0.717) is 22.1 Å². The zero-order valence-electron chi connectivity index (χ0n) is 12.2. The Labute approximate surface area is 133 Å². The van der Waals surface area contributed by atoms with Crippen LogP contribution in [0.2, 0.25) is 0 Å². The van der Waals surface area contributed by atoms with Gasteiger partial charge in [0.1, 0.15) is 11.8 Å². The molecule has 0 saturated carbocycles. The van der Waals surface area contributed by atoms with Crippen LogP contribution in [0.3, 0.4) is 0 Å². The van der Waals surface area contributed by atoms with Crippen LogP contribution in [0.15, 0.2) is 57.7 Å². The molecule has 0 radical (unpaired) electrons. The summed E-state index contributed by atoms with van der Waals surface area (Å²) >= 11 is 0. The molecule has 2 aromatic carbocycles. The van der Waals surface area contributed by atoms with Crippen molar-refractivity contribution in [2.45, 2.75) is 12.4 Å². The Bertz CT molecular complexity index is 944. The van der Waals surface area contributed by atoms with Crippen molar-refractivity contribution in [2.75, 3.05) is 0 Å². The van der Waals surface area contributed by atoms with Crippen LogP contribution < -0.4 is 11.4 Å². The van der Waals surface area contributed by atoms with Crippen molar-refractivity contribution in [1.82, 2.24) is 0 Å². The second-order valence-electron chi connectivity index (χ2n) is 5.25. The van der Waals surface area contributed by atoms with Crippen molar-refractivity contribution < 1.29 is 22.7 Å². The fourth-order valence-electron chi connectivity index (χ4n) is 2.44. The number of nitrogens with two attached hydrogens (primary N) is 1. The monoisotopic (exact) mass is 335 g/mol. The fourth-order valence-corrected chi connectivity index (χ4v) is 2.44. The quantitative estimate of drug-likeness (QED) is 0.556. The standard InChI is InChI=1S/C17H12F3NO3/c18-17(19,20)11-4-1-9(2-5-11)12-8-15(22)24-14-6-3-10(16(21)23)7-13(12)14/h1-8,16,23H,21H2. The minimum Gasteiger partial charge on any atom is -0.423 e. The maximum absolute atomic E-state index is 12.7. The molecule has 0 fully saturated rings. The molecule has 3 N–H and O–H groups in total.